The van der Waals surface area contributed by atoms with Gasteiger partial charge in [0.1, 0.15) is 5.75 Å². The lowest BCUT2D eigenvalue weighted by Gasteiger charge is -2.29. The summed E-state index contributed by atoms with van der Waals surface area (Å²) in [5, 5.41) is 0. The minimum Gasteiger partial charge on any atom is -0.490 e. The van der Waals surface area contributed by atoms with E-state index in [9.17, 15) is 13.6 Å². The number of fused-ring (bicyclic) bond motifs is 1. The van der Waals surface area contributed by atoms with Gasteiger partial charge in [-0.05, 0) is 67.3 Å². The predicted molar refractivity (Wildman–Crippen MR) is 110 cm³/mol. The summed E-state index contributed by atoms with van der Waals surface area (Å²) in [4.78, 5) is 14.4. The Kier molecular flexibility index (Phi) is 7.27. The molecular weight excluding hydrogens is 392 g/mol. The van der Waals surface area contributed by atoms with Gasteiger partial charge in [0.2, 0.25) is 5.91 Å². The number of amides is 1. The molecule has 1 aliphatic rings. The molecular formula is C23H25F2NO4. The van der Waals surface area contributed by atoms with Crippen molar-refractivity contribution in [3.05, 3.63) is 59.2 Å². The van der Waals surface area contributed by atoms with Crippen LogP contribution in [0.2, 0.25) is 0 Å². The van der Waals surface area contributed by atoms with Crippen molar-refractivity contribution >= 4 is 12.0 Å². The molecule has 0 aliphatic carbocycles. The fourth-order valence-corrected chi connectivity index (χ4v) is 3.32. The molecule has 7 heteroatoms. The smallest absolute Gasteiger partial charge is 0.387 e. The molecule has 0 unspecified atom stereocenters. The minimum atomic E-state index is -2.86. The normalized spacial score (nSPS) is 13.4. The molecule has 0 atom stereocenters. The van der Waals surface area contributed by atoms with Crippen LogP contribution in [0.4, 0.5) is 8.78 Å². The Morgan fingerprint density at radius 3 is 2.30 bits per heavy atom. The summed E-state index contributed by atoms with van der Waals surface area (Å²) in [6, 6.07) is 10.1. The van der Waals surface area contributed by atoms with Crippen molar-refractivity contribution in [1.82, 2.24) is 4.90 Å². The van der Waals surface area contributed by atoms with Crippen molar-refractivity contribution in [2.75, 3.05) is 19.8 Å². The fraction of sp³-hybridized carbons (Fsp3) is 0.348. The lowest BCUT2D eigenvalue weighted by Crippen LogP contribution is -2.34. The van der Waals surface area contributed by atoms with Crippen LogP contribution in [-0.4, -0.2) is 37.2 Å². The molecule has 160 valence electrons. The summed E-state index contributed by atoms with van der Waals surface area (Å²) < 4.78 is 40.1. The fourth-order valence-electron chi connectivity index (χ4n) is 3.32. The zero-order chi connectivity index (χ0) is 21.5. The highest BCUT2D eigenvalue weighted by atomic mass is 19.3. The first-order valence-electron chi connectivity index (χ1n) is 9.93. The summed E-state index contributed by atoms with van der Waals surface area (Å²) in [7, 11) is 0. The SMILES string of the molecule is CCOc1cc2c(cc1OCC)CN(C(=O)/C=C/c1ccc(OC(F)F)cc1)CC2. The monoisotopic (exact) mass is 417 g/mol. The molecule has 0 aromatic heterocycles. The maximum atomic E-state index is 12.6. The predicted octanol–water partition coefficient (Wildman–Crippen LogP) is 4.68. The molecule has 0 spiro atoms. The largest absolute Gasteiger partial charge is 0.490 e. The molecule has 3 rings (SSSR count). The van der Waals surface area contributed by atoms with Crippen LogP contribution in [-0.2, 0) is 17.8 Å². The van der Waals surface area contributed by atoms with Crippen LogP contribution in [0.15, 0.2) is 42.5 Å². The van der Waals surface area contributed by atoms with Gasteiger partial charge in [-0.2, -0.15) is 8.78 Å². The first kappa shape index (κ1) is 21.6. The average Bonchev–Trinajstić information content (AvgIpc) is 2.73. The quantitative estimate of drug-likeness (QED) is 0.585. The van der Waals surface area contributed by atoms with E-state index in [1.807, 2.05) is 26.0 Å². The molecule has 0 saturated carbocycles. The van der Waals surface area contributed by atoms with Crippen molar-refractivity contribution in [1.29, 1.82) is 0 Å². The van der Waals surface area contributed by atoms with E-state index >= 15 is 0 Å². The van der Waals surface area contributed by atoms with Gasteiger partial charge in [-0.1, -0.05) is 12.1 Å². The van der Waals surface area contributed by atoms with Gasteiger partial charge in [-0.3, -0.25) is 4.79 Å². The van der Waals surface area contributed by atoms with Crippen molar-refractivity contribution in [2.24, 2.45) is 0 Å². The van der Waals surface area contributed by atoms with Gasteiger partial charge >= 0.3 is 6.61 Å². The highest BCUT2D eigenvalue weighted by Crippen LogP contribution is 2.34. The Balaban J connectivity index is 1.67. The summed E-state index contributed by atoms with van der Waals surface area (Å²) in [6.07, 6.45) is 3.89. The van der Waals surface area contributed by atoms with Crippen molar-refractivity contribution < 1.29 is 27.8 Å². The maximum absolute atomic E-state index is 12.6. The van der Waals surface area contributed by atoms with Crippen LogP contribution in [0.1, 0.15) is 30.5 Å². The Bertz CT molecular complexity index is 897. The summed E-state index contributed by atoms with van der Waals surface area (Å²) in [5.74, 6) is 1.39. The van der Waals surface area contributed by atoms with Crippen molar-refractivity contribution in [3.8, 4) is 17.2 Å². The van der Waals surface area contributed by atoms with Crippen LogP contribution >= 0.6 is 0 Å². The summed E-state index contributed by atoms with van der Waals surface area (Å²) in [6.45, 7) is 3.18. The van der Waals surface area contributed by atoms with E-state index < -0.39 is 6.61 Å². The zero-order valence-electron chi connectivity index (χ0n) is 17.1. The molecule has 0 saturated heterocycles. The van der Waals surface area contributed by atoms with Gasteiger partial charge in [0, 0.05) is 19.2 Å². The van der Waals surface area contributed by atoms with Crippen LogP contribution < -0.4 is 14.2 Å². The van der Waals surface area contributed by atoms with Crippen LogP contribution in [0.25, 0.3) is 6.08 Å². The summed E-state index contributed by atoms with van der Waals surface area (Å²) in [5.41, 5.74) is 2.93. The number of hydrogen-bond acceptors (Lipinski definition) is 4. The number of carbonyl (C=O) groups excluding carboxylic acids is 1. The van der Waals surface area contributed by atoms with Crippen molar-refractivity contribution in [2.45, 2.75) is 33.4 Å². The first-order valence-corrected chi connectivity index (χ1v) is 9.93. The van der Waals surface area contributed by atoms with E-state index in [0.717, 1.165) is 28.9 Å². The van der Waals surface area contributed by atoms with Crippen LogP contribution in [0, 0.1) is 0 Å². The Morgan fingerprint density at radius 2 is 1.70 bits per heavy atom. The second kappa shape index (κ2) is 10.1. The molecule has 0 bridgehead atoms. The highest BCUT2D eigenvalue weighted by Gasteiger charge is 2.22. The third-order valence-electron chi connectivity index (χ3n) is 4.71. The third-order valence-corrected chi connectivity index (χ3v) is 4.71. The number of hydrogen-bond donors (Lipinski definition) is 0. The van der Waals surface area contributed by atoms with E-state index in [1.165, 1.54) is 18.2 Å². The minimum absolute atomic E-state index is 0.0811. The van der Waals surface area contributed by atoms with Crippen LogP contribution in [0.3, 0.4) is 0 Å². The first-order chi connectivity index (χ1) is 14.5. The number of ether oxygens (including phenoxy) is 3. The number of rotatable bonds is 8. The molecule has 0 fully saturated rings. The molecule has 1 heterocycles. The Hall–Kier alpha value is -3.09. The molecule has 2 aromatic carbocycles. The number of nitrogens with zero attached hydrogens (tertiary/aromatic N) is 1. The van der Waals surface area contributed by atoms with Gasteiger partial charge in [-0.15, -0.1) is 0 Å². The molecule has 0 N–H and O–H groups in total. The van der Waals surface area contributed by atoms with Gasteiger partial charge in [0.25, 0.3) is 0 Å². The van der Waals surface area contributed by atoms with Gasteiger partial charge < -0.3 is 19.1 Å². The Labute approximate surface area is 174 Å². The standard InChI is InChI=1S/C23H25F2NO4/c1-3-28-20-13-17-11-12-26(15-18(17)14-21(20)29-4-2)22(27)10-7-16-5-8-19(9-6-16)30-23(24)25/h5-10,13-14,23H,3-4,11-12,15H2,1-2H3/b10-7+. The lowest BCUT2D eigenvalue weighted by atomic mass is 9.98. The Morgan fingerprint density at radius 1 is 1.07 bits per heavy atom. The number of alkyl halides is 2. The number of halogens is 2. The second-order valence-electron chi connectivity index (χ2n) is 6.72. The van der Waals surface area contributed by atoms with E-state index in [2.05, 4.69) is 4.74 Å². The number of benzene rings is 2. The van der Waals surface area contributed by atoms with E-state index in [4.69, 9.17) is 9.47 Å². The molecule has 5 nitrogen and oxygen atoms in total. The topological polar surface area (TPSA) is 48.0 Å². The van der Waals surface area contributed by atoms with E-state index in [0.29, 0.717) is 32.1 Å². The molecule has 2 aromatic rings. The average molecular weight is 417 g/mol. The van der Waals surface area contributed by atoms with Gasteiger partial charge in [0.05, 0.1) is 13.2 Å². The molecule has 30 heavy (non-hydrogen) atoms. The van der Waals surface area contributed by atoms with E-state index in [1.54, 1.807) is 23.1 Å². The van der Waals surface area contributed by atoms with Gasteiger partial charge in [0.15, 0.2) is 11.5 Å². The lowest BCUT2D eigenvalue weighted by molar-refractivity contribution is -0.126. The highest BCUT2D eigenvalue weighted by molar-refractivity contribution is 5.92. The van der Waals surface area contributed by atoms with Gasteiger partial charge in [-0.25, -0.2) is 0 Å². The molecule has 1 amide bonds. The second-order valence-corrected chi connectivity index (χ2v) is 6.72. The molecule has 1 aliphatic heterocycles. The third kappa shape index (κ3) is 5.49. The zero-order valence-corrected chi connectivity index (χ0v) is 17.1. The molecule has 0 radical (unpaired) electrons. The summed E-state index contributed by atoms with van der Waals surface area (Å²) >= 11 is 0. The van der Waals surface area contributed by atoms with Crippen molar-refractivity contribution in [3.63, 3.8) is 0 Å². The maximum Gasteiger partial charge on any atom is 0.387 e. The van der Waals surface area contributed by atoms with Crippen LogP contribution in [0.5, 0.6) is 17.2 Å². The number of carbonyl (C=O) groups is 1. The van der Waals surface area contributed by atoms with E-state index in [-0.39, 0.29) is 11.7 Å².